The third kappa shape index (κ3) is 3.49. The van der Waals surface area contributed by atoms with E-state index >= 15 is 0 Å². The third-order valence-electron chi connectivity index (χ3n) is 3.42. The number of H-pyrrole nitrogens is 1. The standard InChI is InChI=1S/C16H15BrN4O2S/c1-9(22)18-16-20-14(12-3-4-13(17)19-12)15(24-16)11-5-7-21(8-6-11)10(2)23/h3-8,11,19H,1-2H3,(H,18,20,22). The molecule has 0 unspecified atom stereocenters. The number of amides is 2. The van der Waals surface area contributed by atoms with Gasteiger partial charge in [-0.05, 0) is 28.1 Å². The number of carbonyl (C=O) groups excluding carboxylic acids is 2. The zero-order valence-corrected chi connectivity index (χ0v) is 15.4. The maximum atomic E-state index is 11.4. The molecule has 0 saturated heterocycles. The van der Waals surface area contributed by atoms with Crippen LogP contribution in [0.3, 0.4) is 0 Å². The van der Waals surface area contributed by atoms with Gasteiger partial charge in [0.15, 0.2) is 5.13 Å². The lowest BCUT2D eigenvalue weighted by molar-refractivity contribution is -0.124. The molecule has 2 aromatic rings. The highest BCUT2D eigenvalue weighted by atomic mass is 79.9. The van der Waals surface area contributed by atoms with Crippen molar-refractivity contribution >= 4 is 44.2 Å². The van der Waals surface area contributed by atoms with Crippen LogP contribution in [0, 0.1) is 0 Å². The molecular weight excluding hydrogens is 392 g/mol. The molecule has 24 heavy (non-hydrogen) atoms. The van der Waals surface area contributed by atoms with Crippen molar-refractivity contribution in [2.45, 2.75) is 19.8 Å². The smallest absolute Gasteiger partial charge is 0.227 e. The molecule has 0 aliphatic carbocycles. The Morgan fingerprint density at radius 2 is 2.00 bits per heavy atom. The number of allylic oxidation sites excluding steroid dienone is 2. The molecule has 1 aliphatic heterocycles. The number of nitrogens with zero attached hydrogens (tertiary/aromatic N) is 2. The van der Waals surface area contributed by atoms with Crippen molar-refractivity contribution in [3.8, 4) is 11.4 Å². The highest BCUT2D eigenvalue weighted by Gasteiger charge is 2.22. The molecule has 2 N–H and O–H groups in total. The van der Waals surface area contributed by atoms with E-state index in [4.69, 9.17) is 0 Å². The molecule has 3 heterocycles. The Labute approximate surface area is 151 Å². The van der Waals surface area contributed by atoms with Gasteiger partial charge in [-0.2, -0.15) is 0 Å². The van der Waals surface area contributed by atoms with Crippen LogP contribution in [0.4, 0.5) is 5.13 Å². The van der Waals surface area contributed by atoms with Gasteiger partial charge in [0, 0.05) is 37.0 Å². The minimum atomic E-state index is -0.160. The highest BCUT2D eigenvalue weighted by molar-refractivity contribution is 9.10. The molecule has 124 valence electrons. The number of anilines is 1. The van der Waals surface area contributed by atoms with Gasteiger partial charge in [-0.25, -0.2) is 4.98 Å². The zero-order chi connectivity index (χ0) is 17.3. The van der Waals surface area contributed by atoms with E-state index in [2.05, 4.69) is 31.2 Å². The topological polar surface area (TPSA) is 78.1 Å². The van der Waals surface area contributed by atoms with Gasteiger partial charge in [-0.1, -0.05) is 12.2 Å². The van der Waals surface area contributed by atoms with Crippen LogP contribution >= 0.6 is 27.3 Å². The largest absolute Gasteiger partial charge is 0.348 e. The van der Waals surface area contributed by atoms with E-state index in [1.54, 1.807) is 12.4 Å². The quantitative estimate of drug-likeness (QED) is 0.812. The summed E-state index contributed by atoms with van der Waals surface area (Å²) in [6.07, 6.45) is 7.38. The molecule has 0 aromatic carbocycles. The summed E-state index contributed by atoms with van der Waals surface area (Å²) in [6.45, 7) is 2.97. The van der Waals surface area contributed by atoms with Crippen molar-refractivity contribution in [2.24, 2.45) is 0 Å². The molecule has 0 atom stereocenters. The zero-order valence-electron chi connectivity index (χ0n) is 13.0. The fraction of sp³-hybridized carbons (Fsp3) is 0.188. The van der Waals surface area contributed by atoms with Gasteiger partial charge in [0.2, 0.25) is 11.8 Å². The predicted octanol–water partition coefficient (Wildman–Crippen LogP) is 3.83. The minimum Gasteiger partial charge on any atom is -0.348 e. The van der Waals surface area contributed by atoms with Crippen molar-refractivity contribution in [3.05, 3.63) is 46.2 Å². The first-order chi connectivity index (χ1) is 11.4. The Kier molecular flexibility index (Phi) is 4.68. The second kappa shape index (κ2) is 6.74. The van der Waals surface area contributed by atoms with Gasteiger partial charge in [0.1, 0.15) is 5.69 Å². The van der Waals surface area contributed by atoms with Gasteiger partial charge in [-0.3, -0.25) is 14.5 Å². The first kappa shape index (κ1) is 16.7. The minimum absolute atomic E-state index is 0.0160. The van der Waals surface area contributed by atoms with Crippen LogP contribution in [0.5, 0.6) is 0 Å². The van der Waals surface area contributed by atoms with Crippen LogP contribution in [-0.4, -0.2) is 26.7 Å². The second-order valence-electron chi connectivity index (χ2n) is 5.27. The van der Waals surface area contributed by atoms with Gasteiger partial charge >= 0.3 is 0 Å². The molecule has 6 nitrogen and oxygen atoms in total. The van der Waals surface area contributed by atoms with Crippen LogP contribution in [0.2, 0.25) is 0 Å². The van der Waals surface area contributed by atoms with Crippen molar-refractivity contribution < 1.29 is 9.59 Å². The molecule has 2 amide bonds. The Hall–Kier alpha value is -2.19. The molecule has 0 spiro atoms. The van der Waals surface area contributed by atoms with Crippen LogP contribution in [0.25, 0.3) is 11.4 Å². The number of hydrogen-bond donors (Lipinski definition) is 2. The van der Waals surface area contributed by atoms with E-state index < -0.39 is 0 Å². The molecule has 8 heteroatoms. The Bertz CT molecular complexity index is 838. The van der Waals surface area contributed by atoms with E-state index in [1.807, 2.05) is 24.3 Å². The van der Waals surface area contributed by atoms with E-state index in [9.17, 15) is 9.59 Å². The molecule has 0 fully saturated rings. The number of thiazole rings is 1. The molecule has 0 saturated carbocycles. The number of hydrogen-bond acceptors (Lipinski definition) is 4. The lowest BCUT2D eigenvalue weighted by atomic mass is 10.0. The average Bonchev–Trinajstić information content (AvgIpc) is 3.13. The fourth-order valence-electron chi connectivity index (χ4n) is 2.33. The molecule has 1 aliphatic rings. The SMILES string of the molecule is CC(=O)Nc1nc(-c2ccc(Br)[nH]2)c(C2C=CN(C(C)=O)C=C2)s1. The van der Waals surface area contributed by atoms with E-state index in [0.29, 0.717) is 5.13 Å². The number of nitrogens with one attached hydrogen (secondary N) is 2. The van der Waals surface area contributed by atoms with Gasteiger partial charge < -0.3 is 10.3 Å². The summed E-state index contributed by atoms with van der Waals surface area (Å²) in [7, 11) is 0. The number of aromatic amines is 1. The average molecular weight is 407 g/mol. The Morgan fingerprint density at radius 1 is 1.29 bits per heavy atom. The van der Waals surface area contributed by atoms with Crippen molar-refractivity contribution in [1.82, 2.24) is 14.9 Å². The molecule has 0 radical (unpaired) electrons. The molecule has 2 aromatic heterocycles. The summed E-state index contributed by atoms with van der Waals surface area (Å²) in [5, 5.41) is 3.29. The van der Waals surface area contributed by atoms with Crippen molar-refractivity contribution in [3.63, 3.8) is 0 Å². The van der Waals surface area contributed by atoms with Crippen LogP contribution < -0.4 is 5.32 Å². The monoisotopic (exact) mass is 406 g/mol. The first-order valence-corrected chi connectivity index (χ1v) is 8.83. The van der Waals surface area contributed by atoms with Crippen LogP contribution in [0.15, 0.2) is 41.3 Å². The van der Waals surface area contributed by atoms with Crippen molar-refractivity contribution in [2.75, 3.05) is 5.32 Å². The predicted molar refractivity (Wildman–Crippen MR) is 97.4 cm³/mol. The summed E-state index contributed by atoms with van der Waals surface area (Å²) in [6, 6.07) is 3.83. The summed E-state index contributed by atoms with van der Waals surface area (Å²) < 4.78 is 0.856. The van der Waals surface area contributed by atoms with Gasteiger partial charge in [-0.15, -0.1) is 11.3 Å². The second-order valence-corrected chi connectivity index (χ2v) is 7.15. The first-order valence-electron chi connectivity index (χ1n) is 7.23. The number of rotatable bonds is 3. The van der Waals surface area contributed by atoms with Crippen LogP contribution in [-0.2, 0) is 9.59 Å². The normalized spacial score (nSPS) is 14.2. The summed E-state index contributed by atoms with van der Waals surface area (Å²) in [4.78, 5) is 33.0. The number of halogens is 1. The van der Waals surface area contributed by atoms with Gasteiger partial charge in [0.25, 0.3) is 0 Å². The number of carbonyl (C=O) groups is 2. The maximum absolute atomic E-state index is 11.4. The molecular formula is C16H15BrN4O2S. The maximum Gasteiger partial charge on any atom is 0.227 e. The van der Waals surface area contributed by atoms with E-state index in [-0.39, 0.29) is 17.7 Å². The lowest BCUT2D eigenvalue weighted by Gasteiger charge is -2.18. The molecule has 3 rings (SSSR count). The Morgan fingerprint density at radius 3 is 2.54 bits per heavy atom. The summed E-state index contributed by atoms with van der Waals surface area (Å²) >= 11 is 4.82. The third-order valence-corrected chi connectivity index (χ3v) is 4.95. The van der Waals surface area contributed by atoms with E-state index in [1.165, 1.54) is 30.1 Å². The summed E-state index contributed by atoms with van der Waals surface area (Å²) in [5.41, 5.74) is 1.64. The van der Waals surface area contributed by atoms with Crippen molar-refractivity contribution in [1.29, 1.82) is 0 Å². The van der Waals surface area contributed by atoms with Crippen LogP contribution in [0.1, 0.15) is 24.6 Å². The van der Waals surface area contributed by atoms with Gasteiger partial charge in [0.05, 0.1) is 10.3 Å². The van der Waals surface area contributed by atoms with E-state index in [0.717, 1.165) is 20.9 Å². The summed E-state index contributed by atoms with van der Waals surface area (Å²) in [5.74, 6) is -0.220. The fourth-order valence-corrected chi connectivity index (χ4v) is 3.76. The Balaban J connectivity index is 1.98. The molecule has 0 bridgehead atoms. The highest BCUT2D eigenvalue weighted by Crippen LogP contribution is 2.38. The number of aromatic nitrogens is 2. The lowest BCUT2D eigenvalue weighted by Crippen LogP contribution is -2.18.